The van der Waals surface area contributed by atoms with E-state index in [1.807, 2.05) is 26.8 Å². The van der Waals surface area contributed by atoms with Crippen LogP contribution in [0, 0.1) is 11.3 Å². The zero-order chi connectivity index (χ0) is 23.4. The number of imide groups is 1. The van der Waals surface area contributed by atoms with Gasteiger partial charge in [-0.25, -0.2) is 14.4 Å². The summed E-state index contributed by atoms with van der Waals surface area (Å²) in [5.74, 6) is -0.916. The van der Waals surface area contributed by atoms with Crippen LogP contribution in [0.4, 0.5) is 4.79 Å². The minimum Gasteiger partial charge on any atom is -0.325 e. The molecule has 2 unspecified atom stereocenters. The SMILES string of the molecule is CN1C(=O)C2C(=NC=[N+]2CC(=O)N=C2C=CC3C(=C2)NC(=O)C=C3C(C)(C)C)N(C)C1=O. The Bertz CT molecular complexity index is 1130. The molecule has 3 heterocycles. The van der Waals surface area contributed by atoms with Crippen molar-refractivity contribution in [1.82, 2.24) is 15.1 Å². The van der Waals surface area contributed by atoms with Crippen molar-refractivity contribution in [3.05, 3.63) is 35.6 Å². The Morgan fingerprint density at radius 3 is 2.59 bits per heavy atom. The lowest BCUT2D eigenvalue weighted by Crippen LogP contribution is -2.61. The Morgan fingerprint density at radius 1 is 1.19 bits per heavy atom. The molecule has 0 aromatic rings. The summed E-state index contributed by atoms with van der Waals surface area (Å²) in [6.45, 7) is 5.97. The van der Waals surface area contributed by atoms with Gasteiger partial charge in [0.1, 0.15) is 0 Å². The molecular weight excluding hydrogens is 412 g/mol. The van der Waals surface area contributed by atoms with Crippen molar-refractivity contribution in [2.24, 2.45) is 21.3 Å². The molecule has 2 atom stereocenters. The van der Waals surface area contributed by atoms with Gasteiger partial charge in [-0.05, 0) is 28.1 Å². The number of allylic oxidation sites excluding steroid dienone is 3. The first-order valence-corrected chi connectivity index (χ1v) is 10.2. The molecule has 0 saturated carbocycles. The van der Waals surface area contributed by atoms with E-state index in [9.17, 15) is 19.2 Å². The van der Waals surface area contributed by atoms with E-state index in [1.165, 1.54) is 29.9 Å². The summed E-state index contributed by atoms with van der Waals surface area (Å²) in [4.78, 5) is 60.0. The molecule has 1 fully saturated rings. The van der Waals surface area contributed by atoms with Gasteiger partial charge in [-0.3, -0.25) is 24.2 Å². The zero-order valence-electron chi connectivity index (χ0n) is 18.6. The predicted molar refractivity (Wildman–Crippen MR) is 117 cm³/mol. The first-order valence-electron chi connectivity index (χ1n) is 10.2. The fourth-order valence-electron chi connectivity index (χ4n) is 4.15. The number of aliphatic imine (C=N–C) groups is 2. The minimum atomic E-state index is -0.839. The molecule has 1 aliphatic carbocycles. The Balaban J connectivity index is 1.51. The minimum absolute atomic E-state index is 0.0758. The fraction of sp³-hybridized carbons (Fsp3) is 0.409. The number of nitrogens with zero attached hydrogens (tertiary/aromatic N) is 5. The summed E-state index contributed by atoms with van der Waals surface area (Å²) in [6, 6.07) is -1.31. The molecule has 32 heavy (non-hydrogen) atoms. The van der Waals surface area contributed by atoms with E-state index in [-0.39, 0.29) is 29.6 Å². The lowest BCUT2D eigenvalue weighted by atomic mass is 9.74. The molecule has 1 N–H and O–H groups in total. The standard InChI is InChI=1S/C22H24N6O4/c1-22(2,3)14-9-16(29)25-15-8-12(6-7-13(14)15)24-17(30)10-28-11-23-19-18(28)20(31)27(5)21(32)26(19)4/h6-9,11,13,18H,10H2,1-5H3/p+1. The van der Waals surface area contributed by atoms with Gasteiger partial charge in [-0.2, -0.15) is 0 Å². The second-order valence-electron chi connectivity index (χ2n) is 9.12. The van der Waals surface area contributed by atoms with Crippen molar-refractivity contribution in [2.45, 2.75) is 26.8 Å². The number of rotatable bonds is 2. The molecule has 10 nitrogen and oxygen atoms in total. The highest BCUT2D eigenvalue weighted by atomic mass is 16.2. The quantitative estimate of drug-likeness (QED) is 0.633. The number of likely N-dealkylation sites (N-methyl/N-ethyl adjacent to an activating group) is 2. The van der Waals surface area contributed by atoms with E-state index < -0.39 is 23.9 Å². The maximum Gasteiger partial charge on any atom is 0.333 e. The number of amidine groups is 1. The van der Waals surface area contributed by atoms with E-state index in [0.29, 0.717) is 11.4 Å². The van der Waals surface area contributed by atoms with Gasteiger partial charge in [0.25, 0.3) is 30.0 Å². The van der Waals surface area contributed by atoms with Gasteiger partial charge in [0.15, 0.2) is 6.54 Å². The molecule has 4 rings (SSSR count). The number of urea groups is 1. The van der Waals surface area contributed by atoms with Crippen molar-refractivity contribution in [3.63, 3.8) is 0 Å². The van der Waals surface area contributed by atoms with Gasteiger partial charge >= 0.3 is 6.03 Å². The molecule has 0 bridgehead atoms. The topological polar surface area (TPSA) is 115 Å². The summed E-state index contributed by atoms with van der Waals surface area (Å²) in [7, 11) is 2.93. The van der Waals surface area contributed by atoms with Crippen LogP contribution in [0.5, 0.6) is 0 Å². The van der Waals surface area contributed by atoms with Crippen LogP contribution in [-0.4, -0.2) is 82.7 Å². The van der Waals surface area contributed by atoms with Gasteiger partial charge in [-0.15, -0.1) is 0 Å². The van der Waals surface area contributed by atoms with Crippen LogP contribution >= 0.6 is 0 Å². The van der Waals surface area contributed by atoms with Crippen molar-refractivity contribution in [3.8, 4) is 0 Å². The fourth-order valence-corrected chi connectivity index (χ4v) is 4.15. The average molecular weight is 437 g/mol. The summed E-state index contributed by atoms with van der Waals surface area (Å²) in [6.07, 6.45) is 8.37. The second kappa shape index (κ2) is 7.47. The number of hydrogen-bond acceptors (Lipinski definition) is 5. The first kappa shape index (κ1) is 21.5. The Labute approximate surface area is 185 Å². The predicted octanol–water partition coefficient (Wildman–Crippen LogP) is 0.472. The maximum atomic E-state index is 12.7. The highest BCUT2D eigenvalue weighted by Crippen LogP contribution is 2.38. The maximum absolute atomic E-state index is 12.7. The highest BCUT2D eigenvalue weighted by Gasteiger charge is 2.50. The van der Waals surface area contributed by atoms with Gasteiger partial charge < -0.3 is 5.32 Å². The third-order valence-electron chi connectivity index (χ3n) is 5.82. The van der Waals surface area contributed by atoms with Crippen LogP contribution < -0.4 is 5.32 Å². The number of amides is 5. The molecule has 166 valence electrons. The van der Waals surface area contributed by atoms with Crippen molar-refractivity contribution < 1.29 is 23.8 Å². The van der Waals surface area contributed by atoms with Gasteiger partial charge in [-0.1, -0.05) is 26.8 Å². The average Bonchev–Trinajstić information content (AvgIpc) is 3.12. The van der Waals surface area contributed by atoms with Crippen LogP contribution in [0.3, 0.4) is 0 Å². The van der Waals surface area contributed by atoms with Gasteiger partial charge in [0.05, 0.1) is 5.71 Å². The molecule has 0 spiro atoms. The van der Waals surface area contributed by atoms with Crippen molar-refractivity contribution >= 4 is 41.6 Å². The largest absolute Gasteiger partial charge is 0.333 e. The molecule has 3 aliphatic heterocycles. The normalized spacial score (nSPS) is 26.3. The van der Waals surface area contributed by atoms with E-state index >= 15 is 0 Å². The van der Waals surface area contributed by atoms with Crippen molar-refractivity contribution in [2.75, 3.05) is 20.6 Å². The molecule has 0 aromatic carbocycles. The van der Waals surface area contributed by atoms with Crippen LogP contribution in [0.2, 0.25) is 0 Å². The summed E-state index contributed by atoms with van der Waals surface area (Å²) >= 11 is 0. The summed E-state index contributed by atoms with van der Waals surface area (Å²) < 4.78 is 1.47. The van der Waals surface area contributed by atoms with Crippen LogP contribution in [0.15, 0.2) is 45.6 Å². The number of carbonyl (C=O) groups excluding carboxylic acids is 4. The molecule has 10 heteroatoms. The highest BCUT2D eigenvalue weighted by molar-refractivity contribution is 6.21. The smallest absolute Gasteiger partial charge is 0.325 e. The molecule has 0 radical (unpaired) electrons. The first-order chi connectivity index (χ1) is 15.0. The Hall–Kier alpha value is -3.69. The van der Waals surface area contributed by atoms with Crippen LogP contribution in [0.1, 0.15) is 20.8 Å². The summed E-state index contributed by atoms with van der Waals surface area (Å²) in [5.41, 5.74) is 1.90. The van der Waals surface area contributed by atoms with E-state index in [1.54, 1.807) is 18.2 Å². The Morgan fingerprint density at radius 2 is 1.91 bits per heavy atom. The van der Waals surface area contributed by atoms with Crippen molar-refractivity contribution in [1.29, 1.82) is 0 Å². The zero-order valence-corrected chi connectivity index (χ0v) is 18.6. The molecule has 4 aliphatic rings. The Kier molecular flexibility index (Phi) is 5.03. The number of fused-ring (bicyclic) bond motifs is 2. The molecule has 5 amide bonds. The lowest BCUT2D eigenvalue weighted by Gasteiger charge is -2.34. The summed E-state index contributed by atoms with van der Waals surface area (Å²) in [5, 5.41) is 2.83. The van der Waals surface area contributed by atoms with E-state index in [0.717, 1.165) is 10.5 Å². The van der Waals surface area contributed by atoms with Crippen LogP contribution in [0.25, 0.3) is 0 Å². The number of nitrogens with one attached hydrogen (secondary N) is 1. The third kappa shape index (κ3) is 3.61. The molecule has 0 aromatic heterocycles. The van der Waals surface area contributed by atoms with Gasteiger partial charge in [0.2, 0.25) is 5.91 Å². The third-order valence-corrected chi connectivity index (χ3v) is 5.82. The number of hydrogen-bond donors (Lipinski definition) is 1. The lowest BCUT2D eigenvalue weighted by molar-refractivity contribution is -0.519. The molecular formula is C22H25N6O4+. The van der Waals surface area contributed by atoms with E-state index in [4.69, 9.17) is 0 Å². The molecule has 1 saturated heterocycles. The monoisotopic (exact) mass is 437 g/mol. The number of carbonyl (C=O) groups is 4. The van der Waals surface area contributed by atoms with E-state index in [2.05, 4.69) is 15.3 Å². The van der Waals surface area contributed by atoms with Crippen LogP contribution in [-0.2, 0) is 14.4 Å². The van der Waals surface area contributed by atoms with Gasteiger partial charge in [0, 0.05) is 31.8 Å². The second-order valence-corrected chi connectivity index (χ2v) is 9.12.